The van der Waals surface area contributed by atoms with Crippen LogP contribution in [0.1, 0.15) is 24.1 Å². The zero-order valence-corrected chi connectivity index (χ0v) is 11.9. The zero-order valence-electron chi connectivity index (χ0n) is 11.1. The van der Waals surface area contributed by atoms with Crippen molar-refractivity contribution in [2.75, 3.05) is 23.9 Å². The van der Waals surface area contributed by atoms with Crippen molar-refractivity contribution in [2.24, 2.45) is 0 Å². The average Bonchev–Trinajstić information content (AvgIpc) is 2.65. The van der Waals surface area contributed by atoms with E-state index in [1.165, 1.54) is 6.26 Å². The number of rotatable bonds is 5. The maximum Gasteiger partial charge on any atom is 0.228 e. The fraction of sp³-hybridized carbons (Fsp3) is 0.462. The first-order valence-electron chi connectivity index (χ1n) is 6.23. The summed E-state index contributed by atoms with van der Waals surface area (Å²) in [5.41, 5.74) is 2.66. The first kappa shape index (κ1) is 14.0. The van der Waals surface area contributed by atoms with Gasteiger partial charge in [-0.2, -0.15) is 0 Å². The molecule has 1 aromatic carbocycles. The number of benzene rings is 1. The molecule has 0 fully saturated rings. The van der Waals surface area contributed by atoms with Crippen LogP contribution in [0.4, 0.5) is 5.69 Å². The number of carbonyl (C=O) groups is 1. The van der Waals surface area contributed by atoms with Crippen LogP contribution >= 0.6 is 0 Å². The SMILES string of the molecule is CCNC(CS(C)(=O)=O)c1ccc2c(c1)CC(=O)N2. The molecule has 1 aliphatic rings. The average molecular weight is 282 g/mol. The van der Waals surface area contributed by atoms with Gasteiger partial charge in [0.05, 0.1) is 12.2 Å². The molecule has 0 saturated heterocycles. The molecular formula is C13H18N2O3S. The van der Waals surface area contributed by atoms with Gasteiger partial charge in [-0.25, -0.2) is 8.42 Å². The number of sulfone groups is 1. The summed E-state index contributed by atoms with van der Waals surface area (Å²) < 4.78 is 22.9. The molecule has 0 bridgehead atoms. The fourth-order valence-corrected chi connectivity index (χ4v) is 3.20. The Morgan fingerprint density at radius 1 is 1.42 bits per heavy atom. The molecular weight excluding hydrogens is 264 g/mol. The summed E-state index contributed by atoms with van der Waals surface area (Å²) in [6, 6.07) is 5.37. The highest BCUT2D eigenvalue weighted by Gasteiger charge is 2.21. The molecule has 6 heteroatoms. The van der Waals surface area contributed by atoms with E-state index in [2.05, 4.69) is 10.6 Å². The van der Waals surface area contributed by atoms with Gasteiger partial charge in [0.2, 0.25) is 5.91 Å². The van der Waals surface area contributed by atoms with E-state index in [-0.39, 0.29) is 17.7 Å². The fourth-order valence-electron chi connectivity index (χ4n) is 2.29. The van der Waals surface area contributed by atoms with E-state index in [9.17, 15) is 13.2 Å². The zero-order chi connectivity index (χ0) is 14.0. The van der Waals surface area contributed by atoms with Crippen molar-refractivity contribution in [3.63, 3.8) is 0 Å². The van der Waals surface area contributed by atoms with E-state index in [0.717, 1.165) is 16.8 Å². The lowest BCUT2D eigenvalue weighted by atomic mass is 10.0. The van der Waals surface area contributed by atoms with Crippen molar-refractivity contribution < 1.29 is 13.2 Å². The standard InChI is InChI=1S/C13H18N2O3S/c1-3-14-12(8-19(2,17)18)9-4-5-11-10(6-9)7-13(16)15-11/h4-6,12,14H,3,7-8H2,1-2H3,(H,15,16). The number of amides is 1. The van der Waals surface area contributed by atoms with Gasteiger partial charge in [0, 0.05) is 18.0 Å². The van der Waals surface area contributed by atoms with Crippen LogP contribution in [0.2, 0.25) is 0 Å². The van der Waals surface area contributed by atoms with Gasteiger partial charge in [0.15, 0.2) is 0 Å². The summed E-state index contributed by atoms with van der Waals surface area (Å²) in [6.45, 7) is 2.63. The molecule has 0 aliphatic carbocycles. The Morgan fingerprint density at radius 3 is 2.79 bits per heavy atom. The topological polar surface area (TPSA) is 75.3 Å². The van der Waals surface area contributed by atoms with Gasteiger partial charge in [-0.1, -0.05) is 19.1 Å². The number of carbonyl (C=O) groups excluding carboxylic acids is 1. The van der Waals surface area contributed by atoms with Crippen LogP contribution in [0.3, 0.4) is 0 Å². The Kier molecular flexibility index (Phi) is 3.91. The second kappa shape index (κ2) is 5.30. The molecule has 0 saturated carbocycles. The molecule has 1 aliphatic heterocycles. The lowest BCUT2D eigenvalue weighted by Gasteiger charge is -2.18. The van der Waals surface area contributed by atoms with Crippen LogP contribution in [0.15, 0.2) is 18.2 Å². The summed E-state index contributed by atoms with van der Waals surface area (Å²) in [7, 11) is -3.06. The van der Waals surface area contributed by atoms with Gasteiger partial charge >= 0.3 is 0 Å². The van der Waals surface area contributed by atoms with Crippen molar-refractivity contribution in [3.8, 4) is 0 Å². The van der Waals surface area contributed by atoms with E-state index < -0.39 is 9.84 Å². The number of nitrogens with one attached hydrogen (secondary N) is 2. The van der Waals surface area contributed by atoms with Crippen LogP contribution in [0, 0.1) is 0 Å². The van der Waals surface area contributed by atoms with Gasteiger partial charge in [0.1, 0.15) is 9.84 Å². The molecule has 0 aromatic heterocycles. The Morgan fingerprint density at radius 2 is 2.16 bits per heavy atom. The Labute approximate surface area is 113 Å². The maximum atomic E-state index is 11.5. The summed E-state index contributed by atoms with van der Waals surface area (Å²) in [6.07, 6.45) is 1.59. The highest BCUT2D eigenvalue weighted by atomic mass is 32.2. The van der Waals surface area contributed by atoms with Crippen LogP contribution in [-0.2, 0) is 21.1 Å². The summed E-state index contributed by atoms with van der Waals surface area (Å²) in [4.78, 5) is 11.3. The monoisotopic (exact) mass is 282 g/mol. The number of anilines is 1. The minimum Gasteiger partial charge on any atom is -0.326 e. The van der Waals surface area contributed by atoms with Gasteiger partial charge in [-0.15, -0.1) is 0 Å². The first-order valence-corrected chi connectivity index (χ1v) is 8.29. The second-order valence-electron chi connectivity index (χ2n) is 4.84. The Bertz CT molecular complexity index is 596. The third-order valence-corrected chi connectivity index (χ3v) is 4.02. The molecule has 1 aromatic rings. The lowest BCUT2D eigenvalue weighted by molar-refractivity contribution is -0.115. The van der Waals surface area contributed by atoms with E-state index in [4.69, 9.17) is 0 Å². The summed E-state index contributed by atoms with van der Waals surface area (Å²) in [5.74, 6) is 0.0383. The summed E-state index contributed by atoms with van der Waals surface area (Å²) in [5, 5.41) is 5.94. The molecule has 19 heavy (non-hydrogen) atoms. The van der Waals surface area contributed by atoms with Crippen LogP contribution in [-0.4, -0.2) is 32.9 Å². The highest BCUT2D eigenvalue weighted by molar-refractivity contribution is 7.90. The maximum absolute atomic E-state index is 11.5. The Hall–Kier alpha value is -1.40. The predicted molar refractivity (Wildman–Crippen MR) is 74.9 cm³/mol. The van der Waals surface area contributed by atoms with Gasteiger partial charge < -0.3 is 10.6 Å². The van der Waals surface area contributed by atoms with E-state index >= 15 is 0 Å². The van der Waals surface area contributed by atoms with Crippen molar-refractivity contribution in [3.05, 3.63) is 29.3 Å². The van der Waals surface area contributed by atoms with Crippen molar-refractivity contribution in [1.82, 2.24) is 5.32 Å². The van der Waals surface area contributed by atoms with Crippen LogP contribution in [0.25, 0.3) is 0 Å². The third kappa shape index (κ3) is 3.54. The molecule has 0 radical (unpaired) electrons. The van der Waals surface area contributed by atoms with Crippen LogP contribution < -0.4 is 10.6 Å². The summed E-state index contributed by atoms with van der Waals surface area (Å²) >= 11 is 0. The molecule has 1 unspecified atom stereocenters. The first-order chi connectivity index (χ1) is 8.89. The number of hydrogen-bond acceptors (Lipinski definition) is 4. The van der Waals surface area contributed by atoms with Gasteiger partial charge in [-0.05, 0) is 23.7 Å². The lowest BCUT2D eigenvalue weighted by Crippen LogP contribution is -2.27. The molecule has 1 amide bonds. The second-order valence-corrected chi connectivity index (χ2v) is 7.03. The molecule has 2 rings (SSSR count). The Balaban J connectivity index is 2.28. The van der Waals surface area contributed by atoms with E-state index in [1.54, 1.807) is 0 Å². The van der Waals surface area contributed by atoms with Crippen molar-refractivity contribution >= 4 is 21.4 Å². The third-order valence-electron chi connectivity index (χ3n) is 3.08. The smallest absolute Gasteiger partial charge is 0.228 e. The predicted octanol–water partition coefficient (Wildman–Crippen LogP) is 0.876. The molecule has 0 spiro atoms. The molecule has 2 N–H and O–H groups in total. The molecule has 1 heterocycles. The largest absolute Gasteiger partial charge is 0.326 e. The van der Waals surface area contributed by atoms with Crippen LogP contribution in [0.5, 0.6) is 0 Å². The molecule has 5 nitrogen and oxygen atoms in total. The van der Waals surface area contributed by atoms with Gasteiger partial charge in [0.25, 0.3) is 0 Å². The quantitative estimate of drug-likeness (QED) is 0.840. The van der Waals surface area contributed by atoms with E-state index in [1.807, 2.05) is 25.1 Å². The minimum atomic E-state index is -3.06. The molecule has 104 valence electrons. The number of fused-ring (bicyclic) bond motifs is 1. The van der Waals surface area contributed by atoms with Crippen molar-refractivity contribution in [2.45, 2.75) is 19.4 Å². The molecule has 1 atom stereocenters. The van der Waals surface area contributed by atoms with Crippen molar-refractivity contribution in [1.29, 1.82) is 0 Å². The minimum absolute atomic E-state index is 0.0183. The normalized spacial score (nSPS) is 16.0. The highest BCUT2D eigenvalue weighted by Crippen LogP contribution is 2.27. The van der Waals surface area contributed by atoms with E-state index in [0.29, 0.717) is 13.0 Å². The van der Waals surface area contributed by atoms with Gasteiger partial charge in [-0.3, -0.25) is 4.79 Å². The number of hydrogen-bond donors (Lipinski definition) is 2.